The van der Waals surface area contributed by atoms with E-state index in [1.165, 1.54) is 5.56 Å². The van der Waals surface area contributed by atoms with Crippen molar-refractivity contribution in [3.8, 4) is 0 Å². The van der Waals surface area contributed by atoms with E-state index in [4.69, 9.17) is 0 Å². The second-order valence-electron chi connectivity index (χ2n) is 5.62. The molecule has 0 aliphatic carbocycles. The third-order valence-corrected chi connectivity index (χ3v) is 3.11. The van der Waals surface area contributed by atoms with E-state index in [1.54, 1.807) is 0 Å². The van der Waals surface area contributed by atoms with Gasteiger partial charge >= 0.3 is 6.03 Å². The van der Waals surface area contributed by atoms with Gasteiger partial charge in [0.1, 0.15) is 0 Å². The van der Waals surface area contributed by atoms with E-state index >= 15 is 0 Å². The van der Waals surface area contributed by atoms with Crippen molar-refractivity contribution in [3.63, 3.8) is 0 Å². The number of carbonyl (C=O) groups is 1. The molecule has 3 nitrogen and oxygen atoms in total. The molecule has 92 valence electrons. The minimum absolute atomic E-state index is 0.0541. The molecule has 2 amide bonds. The van der Waals surface area contributed by atoms with Crippen LogP contribution in [0, 0.1) is 0 Å². The SMILES string of the molecule is CC(C)(C)N1C[C@@H](Cc2ccccc2)NC1=O. The third kappa shape index (κ3) is 2.78. The molecule has 17 heavy (non-hydrogen) atoms. The predicted molar refractivity (Wildman–Crippen MR) is 68.9 cm³/mol. The van der Waals surface area contributed by atoms with Gasteiger partial charge in [-0.05, 0) is 32.8 Å². The fourth-order valence-corrected chi connectivity index (χ4v) is 2.19. The summed E-state index contributed by atoms with van der Waals surface area (Å²) in [6, 6.07) is 10.6. The number of hydrogen-bond donors (Lipinski definition) is 1. The van der Waals surface area contributed by atoms with Crippen LogP contribution in [0.1, 0.15) is 26.3 Å². The van der Waals surface area contributed by atoms with Crippen LogP contribution in [0.15, 0.2) is 30.3 Å². The molecule has 1 aliphatic heterocycles. The molecule has 0 saturated carbocycles. The van der Waals surface area contributed by atoms with Gasteiger partial charge in [0.25, 0.3) is 0 Å². The van der Waals surface area contributed by atoms with Gasteiger partial charge in [0.2, 0.25) is 0 Å². The average molecular weight is 232 g/mol. The molecule has 0 aromatic heterocycles. The fraction of sp³-hybridized carbons (Fsp3) is 0.500. The Kier molecular flexibility index (Phi) is 3.09. The first-order chi connectivity index (χ1) is 7.97. The summed E-state index contributed by atoms with van der Waals surface area (Å²) < 4.78 is 0. The van der Waals surface area contributed by atoms with E-state index < -0.39 is 0 Å². The van der Waals surface area contributed by atoms with Gasteiger partial charge in [0.15, 0.2) is 0 Å². The number of carbonyl (C=O) groups excluding carboxylic acids is 1. The van der Waals surface area contributed by atoms with Gasteiger partial charge in [-0.1, -0.05) is 30.3 Å². The first kappa shape index (κ1) is 12.0. The van der Waals surface area contributed by atoms with Crippen LogP contribution in [-0.2, 0) is 6.42 Å². The lowest BCUT2D eigenvalue weighted by atomic mass is 10.0. The molecule has 1 aromatic carbocycles. The molecule has 0 unspecified atom stereocenters. The molecular formula is C14H20N2O. The molecule has 1 saturated heterocycles. The molecule has 0 radical (unpaired) electrons. The zero-order chi connectivity index (χ0) is 12.5. The van der Waals surface area contributed by atoms with Crippen LogP contribution in [0.4, 0.5) is 4.79 Å². The van der Waals surface area contributed by atoms with E-state index in [0.29, 0.717) is 0 Å². The van der Waals surface area contributed by atoms with Crippen molar-refractivity contribution in [1.29, 1.82) is 0 Å². The Morgan fingerprint density at radius 3 is 2.47 bits per heavy atom. The summed E-state index contributed by atoms with van der Waals surface area (Å²) in [6.45, 7) is 6.99. The number of rotatable bonds is 2. The Morgan fingerprint density at radius 1 is 1.29 bits per heavy atom. The normalized spacial score (nSPS) is 20.5. The number of nitrogens with one attached hydrogen (secondary N) is 1. The van der Waals surface area contributed by atoms with E-state index in [2.05, 4.69) is 38.2 Å². The highest BCUT2D eigenvalue weighted by Gasteiger charge is 2.35. The van der Waals surface area contributed by atoms with Crippen molar-refractivity contribution < 1.29 is 4.79 Å². The van der Waals surface area contributed by atoms with E-state index in [9.17, 15) is 4.79 Å². The molecule has 1 atom stereocenters. The summed E-state index contributed by atoms with van der Waals surface area (Å²) in [5.74, 6) is 0. The largest absolute Gasteiger partial charge is 0.333 e. The highest BCUT2D eigenvalue weighted by atomic mass is 16.2. The molecule has 3 heteroatoms. The predicted octanol–water partition coefficient (Wildman–Crippen LogP) is 2.42. The van der Waals surface area contributed by atoms with E-state index in [-0.39, 0.29) is 17.6 Å². The number of benzene rings is 1. The lowest BCUT2D eigenvalue weighted by Gasteiger charge is -2.30. The first-order valence-corrected chi connectivity index (χ1v) is 6.09. The second-order valence-corrected chi connectivity index (χ2v) is 5.62. The summed E-state index contributed by atoms with van der Waals surface area (Å²) in [6.07, 6.45) is 0.902. The maximum atomic E-state index is 11.8. The Balaban J connectivity index is 2.01. The molecule has 1 aliphatic rings. The number of nitrogens with zero attached hydrogens (tertiary/aromatic N) is 1. The molecule has 0 bridgehead atoms. The number of urea groups is 1. The van der Waals surface area contributed by atoms with Crippen molar-refractivity contribution in [3.05, 3.63) is 35.9 Å². The number of hydrogen-bond acceptors (Lipinski definition) is 1. The average Bonchev–Trinajstić information content (AvgIpc) is 2.60. The topological polar surface area (TPSA) is 32.3 Å². The van der Waals surface area contributed by atoms with Gasteiger partial charge in [-0.2, -0.15) is 0 Å². The van der Waals surface area contributed by atoms with Gasteiger partial charge in [-0.15, -0.1) is 0 Å². The lowest BCUT2D eigenvalue weighted by molar-refractivity contribution is 0.169. The molecule has 1 fully saturated rings. The smallest absolute Gasteiger partial charge is 0.318 e. The van der Waals surface area contributed by atoms with Crippen LogP contribution in [0.5, 0.6) is 0 Å². The molecule has 1 aromatic rings. The standard InChI is InChI=1S/C14H20N2O/c1-14(2,3)16-10-12(15-13(16)17)9-11-7-5-4-6-8-11/h4-8,12H,9-10H2,1-3H3,(H,15,17)/t12-/m1/s1. The summed E-state index contributed by atoms with van der Waals surface area (Å²) in [7, 11) is 0. The quantitative estimate of drug-likeness (QED) is 0.834. The Bertz CT molecular complexity index is 394. The van der Waals surface area contributed by atoms with Crippen molar-refractivity contribution in [2.45, 2.75) is 38.8 Å². The first-order valence-electron chi connectivity index (χ1n) is 6.09. The molecular weight excluding hydrogens is 212 g/mol. The van der Waals surface area contributed by atoms with Crippen molar-refractivity contribution in [2.75, 3.05) is 6.54 Å². The molecule has 1 heterocycles. The van der Waals surface area contributed by atoms with Crippen LogP contribution in [-0.4, -0.2) is 29.1 Å². The maximum Gasteiger partial charge on any atom is 0.318 e. The van der Waals surface area contributed by atoms with Gasteiger partial charge in [0.05, 0.1) is 6.04 Å². The van der Waals surface area contributed by atoms with Gasteiger partial charge in [0, 0.05) is 12.1 Å². The van der Waals surface area contributed by atoms with Crippen LogP contribution < -0.4 is 5.32 Å². The summed E-state index contributed by atoms with van der Waals surface area (Å²) >= 11 is 0. The van der Waals surface area contributed by atoms with Crippen LogP contribution in [0.2, 0.25) is 0 Å². The maximum absolute atomic E-state index is 11.8. The number of amides is 2. The molecule has 1 N–H and O–H groups in total. The summed E-state index contributed by atoms with van der Waals surface area (Å²) in [4.78, 5) is 13.7. The van der Waals surface area contributed by atoms with Gasteiger partial charge in [-0.25, -0.2) is 4.79 Å². The zero-order valence-electron chi connectivity index (χ0n) is 10.7. The Hall–Kier alpha value is -1.51. The third-order valence-electron chi connectivity index (χ3n) is 3.11. The minimum atomic E-state index is -0.102. The van der Waals surface area contributed by atoms with Crippen molar-refractivity contribution in [2.24, 2.45) is 0 Å². The molecule has 0 spiro atoms. The summed E-state index contributed by atoms with van der Waals surface area (Å²) in [5.41, 5.74) is 1.17. The fourth-order valence-electron chi connectivity index (χ4n) is 2.19. The Labute approximate surface area is 103 Å². The van der Waals surface area contributed by atoms with Gasteiger partial charge < -0.3 is 10.2 Å². The molecule has 2 rings (SSSR count). The summed E-state index contributed by atoms with van der Waals surface area (Å²) in [5, 5.41) is 3.05. The van der Waals surface area contributed by atoms with Crippen molar-refractivity contribution >= 4 is 6.03 Å². The highest BCUT2D eigenvalue weighted by molar-refractivity contribution is 5.77. The highest BCUT2D eigenvalue weighted by Crippen LogP contribution is 2.19. The zero-order valence-corrected chi connectivity index (χ0v) is 10.7. The second kappa shape index (κ2) is 4.40. The van der Waals surface area contributed by atoms with E-state index in [0.717, 1.165) is 13.0 Å². The minimum Gasteiger partial charge on any atom is -0.333 e. The lowest BCUT2D eigenvalue weighted by Crippen LogP contribution is -2.43. The van der Waals surface area contributed by atoms with Crippen LogP contribution in [0.3, 0.4) is 0 Å². The van der Waals surface area contributed by atoms with Gasteiger partial charge in [-0.3, -0.25) is 0 Å². The monoisotopic (exact) mass is 232 g/mol. The Morgan fingerprint density at radius 2 is 1.94 bits per heavy atom. The van der Waals surface area contributed by atoms with Crippen LogP contribution >= 0.6 is 0 Å². The van der Waals surface area contributed by atoms with Crippen LogP contribution in [0.25, 0.3) is 0 Å². The van der Waals surface area contributed by atoms with E-state index in [1.807, 2.05) is 23.1 Å². The van der Waals surface area contributed by atoms with Crippen molar-refractivity contribution in [1.82, 2.24) is 10.2 Å².